The SMILES string of the molecule is CC(C)C(C)(C#N)NC(=O)c1cccc(I)c1. The topological polar surface area (TPSA) is 52.9 Å². The molecule has 1 aromatic rings. The van der Waals surface area contributed by atoms with E-state index in [9.17, 15) is 4.79 Å². The first-order valence-electron chi connectivity index (χ1n) is 5.38. The molecule has 0 fully saturated rings. The van der Waals surface area contributed by atoms with E-state index in [0.717, 1.165) is 3.57 Å². The number of amides is 1. The van der Waals surface area contributed by atoms with Gasteiger partial charge in [0.1, 0.15) is 5.54 Å². The summed E-state index contributed by atoms with van der Waals surface area (Å²) in [5.41, 5.74) is -0.253. The molecular weight excluding hydrogens is 327 g/mol. The van der Waals surface area contributed by atoms with Crippen LogP contribution in [0.4, 0.5) is 0 Å². The first-order valence-corrected chi connectivity index (χ1v) is 6.46. The van der Waals surface area contributed by atoms with Crippen molar-refractivity contribution >= 4 is 28.5 Å². The molecule has 0 aliphatic carbocycles. The number of rotatable bonds is 3. The van der Waals surface area contributed by atoms with Gasteiger partial charge >= 0.3 is 0 Å². The van der Waals surface area contributed by atoms with Crippen LogP contribution in [0.5, 0.6) is 0 Å². The largest absolute Gasteiger partial charge is 0.334 e. The Labute approximate surface area is 115 Å². The Bertz CT molecular complexity index is 465. The molecule has 0 aromatic heterocycles. The summed E-state index contributed by atoms with van der Waals surface area (Å²) >= 11 is 2.15. The van der Waals surface area contributed by atoms with Crippen molar-refractivity contribution in [1.82, 2.24) is 5.32 Å². The minimum Gasteiger partial charge on any atom is -0.334 e. The van der Waals surface area contributed by atoms with Gasteiger partial charge in [0.25, 0.3) is 5.91 Å². The fourth-order valence-electron chi connectivity index (χ4n) is 1.24. The van der Waals surface area contributed by atoms with E-state index in [2.05, 4.69) is 34.0 Å². The summed E-state index contributed by atoms with van der Waals surface area (Å²) in [5.74, 6) is -0.152. The molecule has 0 bridgehead atoms. The van der Waals surface area contributed by atoms with Crippen molar-refractivity contribution in [3.63, 3.8) is 0 Å². The van der Waals surface area contributed by atoms with Gasteiger partial charge in [-0.3, -0.25) is 4.79 Å². The van der Waals surface area contributed by atoms with Crippen LogP contribution in [-0.2, 0) is 0 Å². The third-order valence-corrected chi connectivity index (χ3v) is 3.52. The average molecular weight is 342 g/mol. The second kappa shape index (κ2) is 5.50. The average Bonchev–Trinajstić information content (AvgIpc) is 2.28. The highest BCUT2D eigenvalue weighted by atomic mass is 127. The minimum absolute atomic E-state index is 0.0548. The van der Waals surface area contributed by atoms with Crippen LogP contribution in [0.25, 0.3) is 0 Å². The molecule has 1 atom stereocenters. The van der Waals surface area contributed by atoms with E-state index < -0.39 is 5.54 Å². The highest BCUT2D eigenvalue weighted by Crippen LogP contribution is 2.16. The first kappa shape index (κ1) is 14.0. The molecule has 4 heteroatoms. The summed E-state index contributed by atoms with van der Waals surface area (Å²) in [6.45, 7) is 5.57. The van der Waals surface area contributed by atoms with Crippen LogP contribution in [0.3, 0.4) is 0 Å². The van der Waals surface area contributed by atoms with Crippen molar-refractivity contribution < 1.29 is 4.79 Å². The second-order valence-electron chi connectivity index (χ2n) is 4.43. The number of nitrogens with zero attached hydrogens (tertiary/aromatic N) is 1. The number of carbonyl (C=O) groups excluding carboxylic acids is 1. The lowest BCUT2D eigenvalue weighted by molar-refractivity contribution is 0.0908. The Morgan fingerprint density at radius 1 is 1.53 bits per heavy atom. The number of hydrogen-bond acceptors (Lipinski definition) is 2. The molecule has 17 heavy (non-hydrogen) atoms. The van der Waals surface area contributed by atoms with E-state index in [1.165, 1.54) is 0 Å². The predicted octanol–water partition coefficient (Wildman–Crippen LogP) is 2.96. The van der Waals surface area contributed by atoms with Gasteiger partial charge in [-0.1, -0.05) is 19.9 Å². The molecule has 1 N–H and O–H groups in total. The zero-order valence-corrected chi connectivity index (χ0v) is 12.3. The number of hydrogen-bond donors (Lipinski definition) is 1. The van der Waals surface area contributed by atoms with Crippen LogP contribution >= 0.6 is 22.6 Å². The van der Waals surface area contributed by atoms with Gasteiger partial charge < -0.3 is 5.32 Å². The smallest absolute Gasteiger partial charge is 0.252 e. The lowest BCUT2D eigenvalue weighted by atomic mass is 9.90. The van der Waals surface area contributed by atoms with Gasteiger partial charge in [-0.05, 0) is 53.6 Å². The molecule has 1 aromatic carbocycles. The van der Waals surface area contributed by atoms with Crippen LogP contribution in [0.15, 0.2) is 24.3 Å². The quantitative estimate of drug-likeness (QED) is 0.859. The molecule has 0 aliphatic rings. The number of nitriles is 1. The van der Waals surface area contributed by atoms with Crippen molar-refractivity contribution in [2.75, 3.05) is 0 Å². The van der Waals surface area contributed by atoms with Gasteiger partial charge in [0, 0.05) is 9.13 Å². The molecule has 0 aliphatic heterocycles. The third kappa shape index (κ3) is 3.43. The Hall–Kier alpha value is -1.09. The molecule has 1 rings (SSSR count). The van der Waals surface area contributed by atoms with E-state index in [-0.39, 0.29) is 11.8 Å². The summed E-state index contributed by atoms with van der Waals surface area (Å²) in [4.78, 5) is 12.0. The number of nitrogens with one attached hydrogen (secondary N) is 1. The Morgan fingerprint density at radius 2 is 2.18 bits per heavy atom. The number of benzene rings is 1. The molecule has 0 radical (unpaired) electrons. The van der Waals surface area contributed by atoms with Crippen molar-refractivity contribution in [3.05, 3.63) is 33.4 Å². The van der Waals surface area contributed by atoms with Crippen molar-refractivity contribution in [2.24, 2.45) is 5.92 Å². The van der Waals surface area contributed by atoms with Crippen molar-refractivity contribution in [3.8, 4) is 6.07 Å². The molecule has 0 saturated carbocycles. The molecule has 90 valence electrons. The fourth-order valence-corrected chi connectivity index (χ4v) is 1.78. The third-order valence-electron chi connectivity index (χ3n) is 2.85. The maximum absolute atomic E-state index is 12.0. The van der Waals surface area contributed by atoms with E-state index in [0.29, 0.717) is 5.56 Å². The highest BCUT2D eigenvalue weighted by Gasteiger charge is 2.30. The molecule has 0 heterocycles. The van der Waals surface area contributed by atoms with Gasteiger partial charge in [0.15, 0.2) is 0 Å². The van der Waals surface area contributed by atoms with Gasteiger partial charge in [-0.15, -0.1) is 0 Å². The summed E-state index contributed by atoms with van der Waals surface area (Å²) in [5, 5.41) is 11.9. The molecule has 1 unspecified atom stereocenters. The van der Waals surface area contributed by atoms with Gasteiger partial charge in [-0.25, -0.2) is 0 Å². The zero-order chi connectivity index (χ0) is 13.1. The lowest BCUT2D eigenvalue weighted by Crippen LogP contribution is -2.48. The standard InChI is InChI=1S/C13H15IN2O/c1-9(2)13(3,8-15)16-12(17)10-5-4-6-11(14)7-10/h4-7,9H,1-3H3,(H,16,17). The van der Waals surface area contributed by atoms with Gasteiger partial charge in [-0.2, -0.15) is 5.26 Å². The maximum atomic E-state index is 12.0. The highest BCUT2D eigenvalue weighted by molar-refractivity contribution is 14.1. The molecule has 0 saturated heterocycles. The number of carbonyl (C=O) groups is 1. The van der Waals surface area contributed by atoms with Crippen molar-refractivity contribution in [1.29, 1.82) is 5.26 Å². The summed E-state index contributed by atoms with van der Waals surface area (Å²) < 4.78 is 0.999. The fraction of sp³-hybridized carbons (Fsp3) is 0.385. The monoisotopic (exact) mass is 342 g/mol. The number of halogens is 1. The van der Waals surface area contributed by atoms with Crippen LogP contribution in [0.2, 0.25) is 0 Å². The lowest BCUT2D eigenvalue weighted by Gasteiger charge is -2.27. The van der Waals surface area contributed by atoms with E-state index in [4.69, 9.17) is 5.26 Å². The van der Waals surface area contributed by atoms with Crippen LogP contribution < -0.4 is 5.32 Å². The van der Waals surface area contributed by atoms with Gasteiger partial charge in [0.05, 0.1) is 6.07 Å². The van der Waals surface area contributed by atoms with E-state index >= 15 is 0 Å². The Balaban J connectivity index is 2.90. The predicted molar refractivity (Wildman–Crippen MR) is 75.5 cm³/mol. The Morgan fingerprint density at radius 3 is 2.65 bits per heavy atom. The first-order chi connectivity index (χ1) is 7.89. The second-order valence-corrected chi connectivity index (χ2v) is 5.68. The minimum atomic E-state index is -0.835. The summed E-state index contributed by atoms with van der Waals surface area (Å²) in [6, 6.07) is 9.45. The Kier molecular flexibility index (Phi) is 4.52. The van der Waals surface area contributed by atoms with Crippen LogP contribution in [0.1, 0.15) is 31.1 Å². The summed E-state index contributed by atoms with van der Waals surface area (Å²) in [7, 11) is 0. The van der Waals surface area contributed by atoms with E-state index in [1.807, 2.05) is 26.0 Å². The van der Waals surface area contributed by atoms with Crippen LogP contribution in [0, 0.1) is 20.8 Å². The van der Waals surface area contributed by atoms with Crippen LogP contribution in [-0.4, -0.2) is 11.4 Å². The molecule has 3 nitrogen and oxygen atoms in total. The maximum Gasteiger partial charge on any atom is 0.252 e. The zero-order valence-electron chi connectivity index (χ0n) is 10.1. The molecular formula is C13H15IN2O. The van der Waals surface area contributed by atoms with E-state index in [1.54, 1.807) is 19.1 Å². The summed E-state index contributed by atoms with van der Waals surface area (Å²) in [6.07, 6.45) is 0. The van der Waals surface area contributed by atoms with Gasteiger partial charge in [0.2, 0.25) is 0 Å². The normalized spacial score (nSPS) is 13.9. The molecule has 0 spiro atoms. The molecule has 1 amide bonds. The van der Waals surface area contributed by atoms with Crippen molar-refractivity contribution in [2.45, 2.75) is 26.3 Å².